The average molecular weight is 365 g/mol. The molecule has 0 unspecified atom stereocenters. The van der Waals surface area contributed by atoms with E-state index in [0.29, 0.717) is 30.3 Å². The van der Waals surface area contributed by atoms with Crippen LogP contribution in [0.5, 0.6) is 0 Å². The third-order valence-electron chi connectivity index (χ3n) is 4.42. The summed E-state index contributed by atoms with van der Waals surface area (Å²) in [7, 11) is 0. The highest BCUT2D eigenvalue weighted by molar-refractivity contribution is 5.92. The number of carboxylic acids is 2. The predicted octanol–water partition coefficient (Wildman–Crippen LogP) is 3.16. The molecule has 0 aliphatic carbocycles. The Morgan fingerprint density at radius 3 is 2.37 bits per heavy atom. The van der Waals surface area contributed by atoms with Crippen molar-refractivity contribution in [3.63, 3.8) is 0 Å². The number of aryl methyl sites for hydroxylation is 1. The molecule has 3 aromatic rings. The van der Waals surface area contributed by atoms with Crippen LogP contribution in [0.1, 0.15) is 34.3 Å². The predicted molar refractivity (Wildman–Crippen MR) is 101 cm³/mol. The molecule has 0 bridgehead atoms. The molecule has 2 aromatic carbocycles. The Kier molecular flexibility index (Phi) is 5.35. The van der Waals surface area contributed by atoms with Gasteiger partial charge in [0.05, 0.1) is 5.52 Å². The Labute approximate surface area is 155 Å². The van der Waals surface area contributed by atoms with Gasteiger partial charge in [-0.2, -0.15) is 0 Å². The number of aromatic carboxylic acids is 1. The lowest BCUT2D eigenvalue weighted by molar-refractivity contribution is -0.137. The molecule has 0 atom stereocenters. The maximum atomic E-state index is 12.6. The maximum Gasteiger partial charge on any atom is 0.341 e. The first-order valence-corrected chi connectivity index (χ1v) is 8.61. The number of nitrogens with zero attached hydrogens (tertiary/aromatic N) is 1. The van der Waals surface area contributed by atoms with Gasteiger partial charge in [-0.05, 0) is 36.1 Å². The summed E-state index contributed by atoms with van der Waals surface area (Å²) in [5.74, 6) is -2.20. The number of rotatable bonds is 7. The van der Waals surface area contributed by atoms with Gasteiger partial charge in [0, 0.05) is 24.5 Å². The summed E-state index contributed by atoms with van der Waals surface area (Å²) >= 11 is 0. The number of aromatic nitrogens is 1. The van der Waals surface area contributed by atoms with Gasteiger partial charge in [0.15, 0.2) is 0 Å². The molecule has 0 amide bonds. The fourth-order valence-corrected chi connectivity index (χ4v) is 3.12. The van der Waals surface area contributed by atoms with Crippen LogP contribution in [-0.2, 0) is 17.8 Å². The van der Waals surface area contributed by atoms with Crippen molar-refractivity contribution >= 4 is 22.8 Å². The molecule has 0 aliphatic heterocycles. The van der Waals surface area contributed by atoms with Crippen molar-refractivity contribution in [3.8, 4) is 0 Å². The van der Waals surface area contributed by atoms with Crippen LogP contribution in [0.3, 0.4) is 0 Å². The highest BCUT2D eigenvalue weighted by Gasteiger charge is 2.15. The lowest BCUT2D eigenvalue weighted by Gasteiger charge is -2.13. The van der Waals surface area contributed by atoms with Crippen LogP contribution in [-0.4, -0.2) is 26.7 Å². The Morgan fingerprint density at radius 1 is 0.963 bits per heavy atom. The van der Waals surface area contributed by atoms with Gasteiger partial charge < -0.3 is 14.8 Å². The average Bonchev–Trinajstić information content (AvgIpc) is 2.64. The van der Waals surface area contributed by atoms with Crippen LogP contribution in [0.4, 0.5) is 0 Å². The van der Waals surface area contributed by atoms with E-state index < -0.39 is 17.4 Å². The number of aliphatic carboxylic acids is 1. The standard InChI is InChI=1S/C21H19NO5/c23-19(24)7-4-10-22-13-17(21(26)27)20(25)16-12-15(8-9-18(16)22)11-14-5-2-1-3-6-14/h1-3,5-6,8-9,12-13H,4,7,10-11H2,(H,23,24)(H,26,27). The molecule has 27 heavy (non-hydrogen) atoms. The second kappa shape index (κ2) is 7.86. The number of carboxylic acid groups (broad SMARTS) is 2. The minimum atomic E-state index is -1.29. The van der Waals surface area contributed by atoms with Crippen LogP contribution < -0.4 is 5.43 Å². The van der Waals surface area contributed by atoms with E-state index in [9.17, 15) is 19.5 Å². The molecule has 1 heterocycles. The number of hydrogen-bond acceptors (Lipinski definition) is 3. The summed E-state index contributed by atoms with van der Waals surface area (Å²) in [5.41, 5.74) is 1.77. The molecule has 6 nitrogen and oxygen atoms in total. The third-order valence-corrected chi connectivity index (χ3v) is 4.42. The Balaban J connectivity index is 2.05. The Bertz CT molecular complexity index is 1050. The second-order valence-electron chi connectivity index (χ2n) is 6.38. The molecule has 0 fully saturated rings. The van der Waals surface area contributed by atoms with Crippen molar-refractivity contribution in [2.24, 2.45) is 0 Å². The van der Waals surface area contributed by atoms with Gasteiger partial charge in [-0.25, -0.2) is 4.79 Å². The molecule has 0 spiro atoms. The van der Waals surface area contributed by atoms with Gasteiger partial charge in [0.25, 0.3) is 0 Å². The van der Waals surface area contributed by atoms with Gasteiger partial charge >= 0.3 is 11.9 Å². The van der Waals surface area contributed by atoms with Gasteiger partial charge in [-0.15, -0.1) is 0 Å². The minimum Gasteiger partial charge on any atom is -0.481 e. The molecule has 0 radical (unpaired) electrons. The van der Waals surface area contributed by atoms with Gasteiger partial charge in [0.1, 0.15) is 5.56 Å². The largest absolute Gasteiger partial charge is 0.481 e. The molecular weight excluding hydrogens is 346 g/mol. The monoisotopic (exact) mass is 365 g/mol. The molecule has 6 heteroatoms. The van der Waals surface area contributed by atoms with Crippen LogP contribution in [0.2, 0.25) is 0 Å². The van der Waals surface area contributed by atoms with Crippen molar-refractivity contribution in [2.45, 2.75) is 25.8 Å². The van der Waals surface area contributed by atoms with Crippen LogP contribution in [0.25, 0.3) is 10.9 Å². The molecule has 0 saturated heterocycles. The first kappa shape index (κ1) is 18.4. The van der Waals surface area contributed by atoms with E-state index in [0.717, 1.165) is 11.1 Å². The highest BCUT2D eigenvalue weighted by atomic mass is 16.4. The van der Waals surface area contributed by atoms with Crippen molar-refractivity contribution in [3.05, 3.63) is 81.6 Å². The maximum absolute atomic E-state index is 12.6. The fourth-order valence-electron chi connectivity index (χ4n) is 3.12. The van der Waals surface area contributed by atoms with Crippen molar-refractivity contribution < 1.29 is 19.8 Å². The summed E-state index contributed by atoms with van der Waals surface area (Å²) in [6.45, 7) is 0.321. The van der Waals surface area contributed by atoms with E-state index in [1.165, 1.54) is 6.20 Å². The van der Waals surface area contributed by atoms with Crippen molar-refractivity contribution in [1.82, 2.24) is 4.57 Å². The summed E-state index contributed by atoms with van der Waals surface area (Å²) < 4.78 is 1.65. The lowest BCUT2D eigenvalue weighted by atomic mass is 10.0. The first-order valence-electron chi connectivity index (χ1n) is 8.61. The molecule has 0 aliphatic rings. The molecule has 2 N–H and O–H groups in total. The van der Waals surface area contributed by atoms with Crippen LogP contribution in [0.15, 0.2) is 59.5 Å². The number of carbonyl (C=O) groups is 2. The zero-order chi connectivity index (χ0) is 19.4. The summed E-state index contributed by atoms with van der Waals surface area (Å²) in [4.78, 5) is 34.8. The van der Waals surface area contributed by atoms with E-state index in [2.05, 4.69) is 0 Å². The zero-order valence-corrected chi connectivity index (χ0v) is 14.6. The van der Waals surface area contributed by atoms with Crippen molar-refractivity contribution in [1.29, 1.82) is 0 Å². The van der Waals surface area contributed by atoms with Gasteiger partial charge in [0.2, 0.25) is 5.43 Å². The number of pyridine rings is 1. The van der Waals surface area contributed by atoms with E-state index in [1.807, 2.05) is 36.4 Å². The number of hydrogen-bond donors (Lipinski definition) is 2. The normalized spacial score (nSPS) is 10.8. The third kappa shape index (κ3) is 4.23. The van der Waals surface area contributed by atoms with E-state index >= 15 is 0 Å². The molecule has 3 rings (SSSR count). The van der Waals surface area contributed by atoms with E-state index in [1.54, 1.807) is 16.7 Å². The smallest absolute Gasteiger partial charge is 0.341 e. The van der Waals surface area contributed by atoms with Crippen LogP contribution >= 0.6 is 0 Å². The first-order chi connectivity index (χ1) is 13.0. The van der Waals surface area contributed by atoms with Crippen LogP contribution in [0, 0.1) is 0 Å². The van der Waals surface area contributed by atoms with Gasteiger partial charge in [-0.1, -0.05) is 36.4 Å². The Hall–Kier alpha value is -3.41. The van der Waals surface area contributed by atoms with E-state index in [4.69, 9.17) is 5.11 Å². The topological polar surface area (TPSA) is 96.6 Å². The number of benzene rings is 2. The quantitative estimate of drug-likeness (QED) is 0.670. The molecular formula is C21H19NO5. The zero-order valence-electron chi connectivity index (χ0n) is 14.6. The molecule has 0 saturated carbocycles. The van der Waals surface area contributed by atoms with Crippen molar-refractivity contribution in [2.75, 3.05) is 0 Å². The SMILES string of the molecule is O=C(O)CCCn1cc(C(=O)O)c(=O)c2cc(Cc3ccccc3)ccc21. The summed E-state index contributed by atoms with van der Waals surface area (Å²) in [5, 5.41) is 18.5. The molecule has 138 valence electrons. The minimum absolute atomic E-state index is 0.0257. The second-order valence-corrected chi connectivity index (χ2v) is 6.38. The summed E-state index contributed by atoms with van der Waals surface area (Å²) in [6, 6.07) is 15.2. The lowest BCUT2D eigenvalue weighted by Crippen LogP contribution is -2.19. The number of fused-ring (bicyclic) bond motifs is 1. The highest BCUT2D eigenvalue weighted by Crippen LogP contribution is 2.18. The van der Waals surface area contributed by atoms with E-state index in [-0.39, 0.29) is 12.0 Å². The molecule has 1 aromatic heterocycles. The van der Waals surface area contributed by atoms with Gasteiger partial charge in [-0.3, -0.25) is 9.59 Å². The Morgan fingerprint density at radius 2 is 1.70 bits per heavy atom. The fraction of sp³-hybridized carbons (Fsp3) is 0.190. The summed E-state index contributed by atoms with van der Waals surface area (Å²) in [6.07, 6.45) is 2.25.